The molecule has 0 radical (unpaired) electrons. The summed E-state index contributed by atoms with van der Waals surface area (Å²) in [6, 6.07) is 11.4. The molecule has 3 rings (SSSR count). The van der Waals surface area contributed by atoms with Crippen LogP contribution in [0.3, 0.4) is 0 Å². The van der Waals surface area contributed by atoms with Gasteiger partial charge in [-0.2, -0.15) is 0 Å². The molecule has 0 saturated heterocycles. The highest BCUT2D eigenvalue weighted by Gasteiger charge is 2.15. The van der Waals surface area contributed by atoms with Crippen molar-refractivity contribution in [2.45, 2.75) is 6.54 Å². The Kier molecular flexibility index (Phi) is 4.10. The molecule has 0 amide bonds. The van der Waals surface area contributed by atoms with Gasteiger partial charge in [0.15, 0.2) is 5.78 Å². The summed E-state index contributed by atoms with van der Waals surface area (Å²) in [5.74, 6) is 0.0603. The van der Waals surface area contributed by atoms with E-state index in [2.05, 4.69) is 0 Å². The van der Waals surface area contributed by atoms with Crippen molar-refractivity contribution in [3.63, 3.8) is 0 Å². The molecule has 0 bridgehead atoms. The molecule has 2 heterocycles. The van der Waals surface area contributed by atoms with Gasteiger partial charge in [-0.25, -0.2) is 0 Å². The number of nitrogens with zero attached hydrogens (tertiary/aromatic N) is 1. The van der Waals surface area contributed by atoms with Crippen molar-refractivity contribution in [2.24, 2.45) is 0 Å². The summed E-state index contributed by atoms with van der Waals surface area (Å²) in [5, 5.41) is 0.870. The highest BCUT2D eigenvalue weighted by atomic mass is 35.5. The average Bonchev–Trinajstić information content (AvgIpc) is 3.04. The minimum absolute atomic E-state index is 0.0603. The van der Waals surface area contributed by atoms with E-state index in [4.69, 9.17) is 16.0 Å². The van der Waals surface area contributed by atoms with Crippen molar-refractivity contribution in [3.8, 4) is 0 Å². The summed E-state index contributed by atoms with van der Waals surface area (Å²) in [6.45, 7) is 1.05. The van der Waals surface area contributed by atoms with Gasteiger partial charge in [0.2, 0.25) is 0 Å². The number of carbonyl (C=O) groups excluding carboxylic acids is 1. The molecule has 0 unspecified atom stereocenters. The van der Waals surface area contributed by atoms with E-state index in [0.717, 1.165) is 20.2 Å². The molecule has 108 valence electrons. The molecule has 3 aromatic rings. The Morgan fingerprint density at radius 1 is 1.29 bits per heavy atom. The number of halogens is 1. The zero-order chi connectivity index (χ0) is 14.8. The van der Waals surface area contributed by atoms with E-state index < -0.39 is 0 Å². The molecule has 0 N–H and O–H groups in total. The van der Waals surface area contributed by atoms with Gasteiger partial charge in [-0.05, 0) is 25.2 Å². The van der Waals surface area contributed by atoms with Gasteiger partial charge in [0, 0.05) is 16.8 Å². The molecule has 0 aliphatic rings. The lowest BCUT2D eigenvalue weighted by molar-refractivity contribution is 0.0944. The summed E-state index contributed by atoms with van der Waals surface area (Å²) in [4.78, 5) is 15.5. The maximum absolute atomic E-state index is 12.4. The highest BCUT2D eigenvalue weighted by Crippen LogP contribution is 2.23. The average molecular weight is 320 g/mol. The lowest BCUT2D eigenvalue weighted by Gasteiger charge is -2.14. The van der Waals surface area contributed by atoms with Crippen LogP contribution in [0.4, 0.5) is 0 Å². The smallest absolute Gasteiger partial charge is 0.180 e. The lowest BCUT2D eigenvalue weighted by atomic mass is 10.1. The summed E-state index contributed by atoms with van der Waals surface area (Å²) in [7, 11) is 1.92. The molecule has 0 atom stereocenters. The molecule has 0 aliphatic carbocycles. The van der Waals surface area contributed by atoms with E-state index in [0.29, 0.717) is 18.7 Å². The zero-order valence-electron chi connectivity index (χ0n) is 11.5. The van der Waals surface area contributed by atoms with Crippen LogP contribution in [0, 0.1) is 0 Å². The van der Waals surface area contributed by atoms with Crippen LogP contribution in [0.15, 0.2) is 47.1 Å². The molecule has 0 spiro atoms. The number of hydrogen-bond acceptors (Lipinski definition) is 4. The molecule has 2 aromatic heterocycles. The molecule has 0 fully saturated rings. The van der Waals surface area contributed by atoms with Gasteiger partial charge in [0.1, 0.15) is 11.8 Å². The number of thiophene rings is 1. The van der Waals surface area contributed by atoms with Crippen LogP contribution >= 0.6 is 22.9 Å². The first kappa shape index (κ1) is 14.3. The van der Waals surface area contributed by atoms with E-state index in [1.165, 1.54) is 11.3 Å². The fraction of sp³-hybridized carbons (Fsp3) is 0.188. The van der Waals surface area contributed by atoms with E-state index in [1.807, 2.05) is 48.3 Å². The highest BCUT2D eigenvalue weighted by molar-refractivity contribution is 7.16. The van der Waals surface area contributed by atoms with E-state index in [1.54, 1.807) is 6.26 Å². The summed E-state index contributed by atoms with van der Waals surface area (Å²) in [5.41, 5.74) is 1.38. The van der Waals surface area contributed by atoms with Crippen LogP contribution in [-0.4, -0.2) is 24.3 Å². The quantitative estimate of drug-likeness (QED) is 0.651. The second-order valence-corrected chi connectivity index (χ2v) is 6.75. The first-order valence-electron chi connectivity index (χ1n) is 6.55. The Balaban J connectivity index is 1.71. The van der Waals surface area contributed by atoms with E-state index in [9.17, 15) is 4.79 Å². The van der Waals surface area contributed by atoms with Crippen molar-refractivity contribution in [1.82, 2.24) is 4.90 Å². The third-order valence-electron chi connectivity index (χ3n) is 3.25. The monoisotopic (exact) mass is 319 g/mol. The van der Waals surface area contributed by atoms with Gasteiger partial charge in [0.25, 0.3) is 0 Å². The maximum atomic E-state index is 12.4. The van der Waals surface area contributed by atoms with Gasteiger partial charge in [0.05, 0.1) is 16.4 Å². The predicted molar refractivity (Wildman–Crippen MR) is 86.2 cm³/mol. The molecule has 5 heteroatoms. The number of fused-ring (bicyclic) bond motifs is 1. The Labute approximate surface area is 131 Å². The van der Waals surface area contributed by atoms with E-state index >= 15 is 0 Å². The summed E-state index contributed by atoms with van der Waals surface area (Å²) in [6.07, 6.45) is 1.54. The normalized spacial score (nSPS) is 11.4. The van der Waals surface area contributed by atoms with Gasteiger partial charge >= 0.3 is 0 Å². The third-order valence-corrected chi connectivity index (χ3v) is 4.47. The predicted octanol–water partition coefficient (Wildman–Crippen LogP) is 4.46. The standard InChI is InChI=1S/C16H14ClNO2S/c1-18(8-11-6-7-16(17)21-11)9-14(19)13-10-20-15-5-3-2-4-12(13)15/h2-7,10H,8-9H2,1H3. The van der Waals surface area contributed by atoms with Gasteiger partial charge < -0.3 is 4.42 Å². The molecule has 0 saturated carbocycles. The Morgan fingerprint density at radius 3 is 2.86 bits per heavy atom. The Morgan fingerprint density at radius 2 is 2.10 bits per heavy atom. The zero-order valence-corrected chi connectivity index (χ0v) is 13.1. The third kappa shape index (κ3) is 3.18. The number of Topliss-reactive ketones (excluding diaryl/α,β-unsaturated/α-hetero) is 1. The molecular formula is C16H14ClNO2S. The minimum atomic E-state index is 0.0603. The van der Waals surface area contributed by atoms with Crippen molar-refractivity contribution in [1.29, 1.82) is 0 Å². The van der Waals surface area contributed by atoms with Crippen molar-refractivity contribution < 1.29 is 9.21 Å². The Hall–Kier alpha value is -1.62. The van der Waals surface area contributed by atoms with Crippen LogP contribution < -0.4 is 0 Å². The molecule has 21 heavy (non-hydrogen) atoms. The molecular weight excluding hydrogens is 306 g/mol. The van der Waals surface area contributed by atoms with Crippen LogP contribution in [-0.2, 0) is 6.54 Å². The van der Waals surface area contributed by atoms with Crippen molar-refractivity contribution >= 4 is 39.7 Å². The lowest BCUT2D eigenvalue weighted by Crippen LogP contribution is -2.25. The van der Waals surface area contributed by atoms with Crippen molar-refractivity contribution in [3.05, 3.63) is 57.4 Å². The molecule has 3 nitrogen and oxygen atoms in total. The van der Waals surface area contributed by atoms with Crippen LogP contribution in [0.2, 0.25) is 4.34 Å². The first-order chi connectivity index (χ1) is 10.1. The van der Waals surface area contributed by atoms with Gasteiger partial charge in [-0.3, -0.25) is 9.69 Å². The maximum Gasteiger partial charge on any atom is 0.180 e. The summed E-state index contributed by atoms with van der Waals surface area (Å²) >= 11 is 7.45. The molecule has 0 aliphatic heterocycles. The van der Waals surface area contributed by atoms with Crippen LogP contribution in [0.25, 0.3) is 11.0 Å². The number of furan rings is 1. The fourth-order valence-corrected chi connectivity index (χ4v) is 3.45. The minimum Gasteiger partial charge on any atom is -0.464 e. The van der Waals surface area contributed by atoms with E-state index in [-0.39, 0.29) is 5.78 Å². The molecule has 1 aromatic carbocycles. The topological polar surface area (TPSA) is 33.5 Å². The van der Waals surface area contributed by atoms with Gasteiger partial charge in [-0.1, -0.05) is 29.8 Å². The summed E-state index contributed by atoms with van der Waals surface area (Å²) < 4.78 is 6.19. The SMILES string of the molecule is CN(CC(=O)c1coc2ccccc12)Cc1ccc(Cl)s1. The number of ketones is 1. The number of hydrogen-bond donors (Lipinski definition) is 0. The second kappa shape index (κ2) is 6.02. The number of rotatable bonds is 5. The van der Waals surface area contributed by atoms with Crippen LogP contribution in [0.1, 0.15) is 15.2 Å². The number of carbonyl (C=O) groups is 1. The number of likely N-dealkylation sites (N-methyl/N-ethyl adjacent to an activating group) is 1. The Bertz CT molecular complexity index is 777. The number of benzene rings is 1. The van der Waals surface area contributed by atoms with Gasteiger partial charge in [-0.15, -0.1) is 11.3 Å². The van der Waals surface area contributed by atoms with Crippen molar-refractivity contribution in [2.75, 3.05) is 13.6 Å². The van der Waals surface area contributed by atoms with Crippen LogP contribution in [0.5, 0.6) is 0 Å². The second-order valence-electron chi connectivity index (χ2n) is 4.95. The number of para-hydroxylation sites is 1. The first-order valence-corrected chi connectivity index (χ1v) is 7.75. The fourth-order valence-electron chi connectivity index (χ4n) is 2.28. The largest absolute Gasteiger partial charge is 0.464 e.